The molecule has 78 valence electrons. The van der Waals surface area contributed by atoms with Gasteiger partial charge in [-0.25, -0.2) is 9.97 Å². The highest BCUT2D eigenvalue weighted by Crippen LogP contribution is 1.99. The highest BCUT2D eigenvalue weighted by Gasteiger charge is 2.01. The van der Waals surface area contributed by atoms with E-state index >= 15 is 0 Å². The number of anilines is 1. The number of rotatable bonds is 4. The smallest absolute Gasteiger partial charge is 0.223 e. The quantitative estimate of drug-likeness (QED) is 0.796. The highest BCUT2D eigenvalue weighted by atomic mass is 16.5. The SMILES string of the molecule is Cc1nc(CCNc2ccncn2)no1. The van der Waals surface area contributed by atoms with Crippen molar-refractivity contribution in [3.8, 4) is 0 Å². The molecule has 6 nitrogen and oxygen atoms in total. The summed E-state index contributed by atoms with van der Waals surface area (Å²) in [4.78, 5) is 11.9. The summed E-state index contributed by atoms with van der Waals surface area (Å²) >= 11 is 0. The first-order valence-electron chi connectivity index (χ1n) is 4.63. The first-order valence-corrected chi connectivity index (χ1v) is 4.63. The van der Waals surface area contributed by atoms with Gasteiger partial charge in [-0.15, -0.1) is 0 Å². The van der Waals surface area contributed by atoms with Crippen molar-refractivity contribution >= 4 is 5.82 Å². The van der Waals surface area contributed by atoms with Gasteiger partial charge < -0.3 is 9.84 Å². The number of hydrogen-bond donors (Lipinski definition) is 1. The lowest BCUT2D eigenvalue weighted by Crippen LogP contribution is -2.07. The van der Waals surface area contributed by atoms with Crippen LogP contribution in [0.5, 0.6) is 0 Å². The van der Waals surface area contributed by atoms with Gasteiger partial charge >= 0.3 is 0 Å². The molecule has 0 aliphatic heterocycles. The predicted octanol–water partition coefficient (Wildman–Crippen LogP) is 0.823. The van der Waals surface area contributed by atoms with E-state index in [1.165, 1.54) is 6.33 Å². The summed E-state index contributed by atoms with van der Waals surface area (Å²) in [6.07, 6.45) is 3.90. The van der Waals surface area contributed by atoms with Crippen LogP contribution in [0.4, 0.5) is 5.82 Å². The van der Waals surface area contributed by atoms with Crippen LogP contribution in [-0.4, -0.2) is 26.7 Å². The fourth-order valence-electron chi connectivity index (χ4n) is 1.14. The van der Waals surface area contributed by atoms with Crippen molar-refractivity contribution in [2.45, 2.75) is 13.3 Å². The van der Waals surface area contributed by atoms with Crippen LogP contribution >= 0.6 is 0 Å². The standard InChI is InChI=1S/C9H11N5O/c1-7-13-9(14-15-7)3-5-11-8-2-4-10-6-12-8/h2,4,6H,3,5H2,1H3,(H,10,11,12). The average Bonchev–Trinajstić information content (AvgIpc) is 2.66. The number of aromatic nitrogens is 4. The largest absolute Gasteiger partial charge is 0.370 e. The zero-order chi connectivity index (χ0) is 10.5. The van der Waals surface area contributed by atoms with Crippen molar-refractivity contribution in [1.29, 1.82) is 0 Å². The second-order valence-electron chi connectivity index (χ2n) is 3.00. The third kappa shape index (κ3) is 2.73. The number of nitrogens with zero attached hydrogens (tertiary/aromatic N) is 4. The Morgan fingerprint density at radius 2 is 2.40 bits per heavy atom. The molecule has 0 aliphatic rings. The van der Waals surface area contributed by atoms with Crippen molar-refractivity contribution in [1.82, 2.24) is 20.1 Å². The Bertz CT molecular complexity index is 413. The first kappa shape index (κ1) is 9.57. The Hall–Kier alpha value is -1.98. The van der Waals surface area contributed by atoms with Gasteiger partial charge in [0.1, 0.15) is 12.1 Å². The summed E-state index contributed by atoms with van der Waals surface area (Å²) in [5, 5.41) is 6.92. The first-order chi connectivity index (χ1) is 7.34. The summed E-state index contributed by atoms with van der Waals surface area (Å²) in [5.41, 5.74) is 0. The van der Waals surface area contributed by atoms with E-state index in [2.05, 4.69) is 25.4 Å². The fraction of sp³-hybridized carbons (Fsp3) is 0.333. The van der Waals surface area contributed by atoms with Crippen molar-refractivity contribution in [3.05, 3.63) is 30.3 Å². The number of hydrogen-bond acceptors (Lipinski definition) is 6. The molecule has 0 bridgehead atoms. The molecule has 0 aliphatic carbocycles. The van der Waals surface area contributed by atoms with Crippen LogP contribution in [0.2, 0.25) is 0 Å². The summed E-state index contributed by atoms with van der Waals surface area (Å²) < 4.78 is 4.85. The Morgan fingerprint density at radius 3 is 3.07 bits per heavy atom. The van der Waals surface area contributed by atoms with Crippen LogP contribution in [0.15, 0.2) is 23.1 Å². The Kier molecular flexibility index (Phi) is 2.87. The van der Waals surface area contributed by atoms with Gasteiger partial charge in [0.25, 0.3) is 0 Å². The van der Waals surface area contributed by atoms with E-state index in [-0.39, 0.29) is 0 Å². The molecule has 0 fully saturated rings. The van der Waals surface area contributed by atoms with Crippen LogP contribution in [-0.2, 0) is 6.42 Å². The van der Waals surface area contributed by atoms with Gasteiger partial charge in [-0.2, -0.15) is 4.98 Å². The second kappa shape index (κ2) is 4.50. The molecule has 2 rings (SSSR count). The van der Waals surface area contributed by atoms with Crippen LogP contribution in [0.25, 0.3) is 0 Å². The lowest BCUT2D eigenvalue weighted by atomic mass is 10.4. The number of nitrogens with one attached hydrogen (secondary N) is 1. The van der Waals surface area contributed by atoms with Gasteiger partial charge in [-0.1, -0.05) is 5.16 Å². The lowest BCUT2D eigenvalue weighted by Gasteiger charge is -2.01. The normalized spacial score (nSPS) is 10.2. The van der Waals surface area contributed by atoms with Gasteiger partial charge in [0.2, 0.25) is 5.89 Å². The zero-order valence-corrected chi connectivity index (χ0v) is 8.34. The van der Waals surface area contributed by atoms with Gasteiger partial charge in [-0.05, 0) is 6.07 Å². The molecule has 0 unspecified atom stereocenters. The molecule has 0 atom stereocenters. The van der Waals surface area contributed by atoms with Crippen LogP contribution in [0, 0.1) is 6.92 Å². The molecule has 2 aromatic heterocycles. The summed E-state index contributed by atoms with van der Waals surface area (Å²) in [7, 11) is 0. The van der Waals surface area contributed by atoms with Crippen molar-refractivity contribution in [2.75, 3.05) is 11.9 Å². The molecule has 0 saturated carbocycles. The third-order valence-corrected chi connectivity index (χ3v) is 1.81. The topological polar surface area (TPSA) is 76.7 Å². The van der Waals surface area contributed by atoms with Gasteiger partial charge in [0.15, 0.2) is 5.82 Å². The minimum atomic E-state index is 0.590. The maximum atomic E-state index is 4.85. The molecular weight excluding hydrogens is 194 g/mol. The van der Waals surface area contributed by atoms with Crippen LogP contribution < -0.4 is 5.32 Å². The molecule has 0 aromatic carbocycles. The molecule has 6 heteroatoms. The second-order valence-corrected chi connectivity index (χ2v) is 3.00. The molecule has 2 aromatic rings. The molecule has 1 N–H and O–H groups in total. The Balaban J connectivity index is 1.80. The molecular formula is C9H11N5O. The monoisotopic (exact) mass is 205 g/mol. The summed E-state index contributed by atoms with van der Waals surface area (Å²) in [6.45, 7) is 2.49. The van der Waals surface area contributed by atoms with Gasteiger partial charge in [-0.3, -0.25) is 0 Å². The highest BCUT2D eigenvalue weighted by molar-refractivity contribution is 5.31. The number of aryl methyl sites for hydroxylation is 1. The Labute approximate surface area is 86.8 Å². The average molecular weight is 205 g/mol. The Morgan fingerprint density at radius 1 is 1.47 bits per heavy atom. The van der Waals surface area contributed by atoms with Crippen molar-refractivity contribution < 1.29 is 4.52 Å². The van der Waals surface area contributed by atoms with Gasteiger partial charge in [0.05, 0.1) is 0 Å². The van der Waals surface area contributed by atoms with Crippen LogP contribution in [0.1, 0.15) is 11.7 Å². The fourth-order valence-corrected chi connectivity index (χ4v) is 1.14. The van der Waals surface area contributed by atoms with Crippen molar-refractivity contribution in [2.24, 2.45) is 0 Å². The lowest BCUT2D eigenvalue weighted by molar-refractivity contribution is 0.387. The minimum Gasteiger partial charge on any atom is -0.370 e. The van der Waals surface area contributed by atoms with Gasteiger partial charge in [0, 0.05) is 26.1 Å². The minimum absolute atomic E-state index is 0.590. The van der Waals surface area contributed by atoms with E-state index < -0.39 is 0 Å². The molecule has 15 heavy (non-hydrogen) atoms. The van der Waals surface area contributed by atoms with E-state index in [4.69, 9.17) is 4.52 Å². The molecule has 0 amide bonds. The molecule has 0 radical (unpaired) electrons. The van der Waals surface area contributed by atoms with E-state index in [1.54, 1.807) is 13.1 Å². The van der Waals surface area contributed by atoms with Crippen molar-refractivity contribution in [3.63, 3.8) is 0 Å². The van der Waals surface area contributed by atoms with E-state index in [0.29, 0.717) is 18.1 Å². The predicted molar refractivity (Wildman–Crippen MR) is 53.3 cm³/mol. The molecule has 0 spiro atoms. The maximum absolute atomic E-state index is 4.85. The van der Waals surface area contributed by atoms with E-state index in [0.717, 1.165) is 12.4 Å². The van der Waals surface area contributed by atoms with Crippen LogP contribution in [0.3, 0.4) is 0 Å². The summed E-state index contributed by atoms with van der Waals surface area (Å²) in [5.74, 6) is 2.09. The zero-order valence-electron chi connectivity index (χ0n) is 8.34. The maximum Gasteiger partial charge on any atom is 0.223 e. The summed E-state index contributed by atoms with van der Waals surface area (Å²) in [6, 6.07) is 1.81. The van der Waals surface area contributed by atoms with E-state index in [9.17, 15) is 0 Å². The molecule has 2 heterocycles. The van der Waals surface area contributed by atoms with E-state index in [1.807, 2.05) is 6.07 Å². The molecule has 0 saturated heterocycles. The third-order valence-electron chi connectivity index (χ3n) is 1.81.